The Kier molecular flexibility index (Phi) is 4.95. The van der Waals surface area contributed by atoms with Crippen molar-refractivity contribution in [3.05, 3.63) is 34.8 Å². The van der Waals surface area contributed by atoms with Gasteiger partial charge < -0.3 is 4.74 Å². The molecule has 0 aromatic heterocycles. The van der Waals surface area contributed by atoms with Gasteiger partial charge in [0.25, 0.3) is 0 Å². The number of benzene rings is 1. The Morgan fingerprint density at radius 3 is 2.71 bits per heavy atom. The zero-order valence-electron chi connectivity index (χ0n) is 13.0. The van der Waals surface area contributed by atoms with Crippen LogP contribution in [0.5, 0.6) is 0 Å². The first-order chi connectivity index (χ1) is 10.0. The van der Waals surface area contributed by atoms with Gasteiger partial charge in [-0.25, -0.2) is 4.79 Å². The molecule has 3 unspecified atom stereocenters. The lowest BCUT2D eigenvalue weighted by atomic mass is 9.75. The van der Waals surface area contributed by atoms with E-state index in [9.17, 15) is 4.79 Å². The second kappa shape index (κ2) is 6.71. The normalized spacial score (nSPS) is 25.4. The fourth-order valence-electron chi connectivity index (χ4n) is 3.18. The van der Waals surface area contributed by atoms with Crippen molar-refractivity contribution >= 4 is 11.7 Å². The van der Waals surface area contributed by atoms with Gasteiger partial charge in [0.1, 0.15) is 6.10 Å². The number of carbonyl (C=O) groups is 1. The van der Waals surface area contributed by atoms with E-state index in [0.29, 0.717) is 23.3 Å². The number of hydrogen-bond donors (Lipinski definition) is 0. The number of hydrogen-bond acceptors (Lipinski definition) is 3. The van der Waals surface area contributed by atoms with Gasteiger partial charge in [-0.05, 0) is 36.7 Å². The lowest BCUT2D eigenvalue weighted by Gasteiger charge is -2.36. The summed E-state index contributed by atoms with van der Waals surface area (Å²) < 4.78 is 5.75. The quantitative estimate of drug-likeness (QED) is 0.593. The molecular formula is C17H23N2O2+. The molecule has 0 amide bonds. The monoisotopic (exact) mass is 287 g/mol. The van der Waals surface area contributed by atoms with Crippen LogP contribution >= 0.6 is 0 Å². The highest BCUT2D eigenvalue weighted by molar-refractivity contribution is 5.95. The molecule has 3 atom stereocenters. The molecule has 0 spiro atoms. The van der Waals surface area contributed by atoms with E-state index in [4.69, 9.17) is 10.1 Å². The lowest BCUT2D eigenvalue weighted by Crippen LogP contribution is -2.35. The maximum absolute atomic E-state index is 12.4. The van der Waals surface area contributed by atoms with Crippen LogP contribution in [0.15, 0.2) is 24.3 Å². The molecule has 1 aromatic carbocycles. The summed E-state index contributed by atoms with van der Waals surface area (Å²) in [4.78, 5) is 15.5. The summed E-state index contributed by atoms with van der Waals surface area (Å²) in [5.74, 6) is 1.08. The van der Waals surface area contributed by atoms with Crippen LogP contribution in [-0.4, -0.2) is 12.1 Å². The minimum absolute atomic E-state index is 0.0481. The van der Waals surface area contributed by atoms with Gasteiger partial charge in [-0.15, -0.1) is 0 Å². The smallest absolute Gasteiger partial charge is 0.399 e. The maximum Gasteiger partial charge on any atom is 0.399 e. The minimum Gasteiger partial charge on any atom is -0.458 e. The summed E-state index contributed by atoms with van der Waals surface area (Å²) in [6.45, 7) is 6.56. The largest absolute Gasteiger partial charge is 0.458 e. The Balaban J connectivity index is 2.15. The number of nitrogens with zero attached hydrogens (tertiary/aromatic N) is 2. The van der Waals surface area contributed by atoms with Crippen LogP contribution < -0.4 is 0 Å². The molecule has 1 fully saturated rings. The van der Waals surface area contributed by atoms with Crippen LogP contribution in [0, 0.1) is 23.1 Å². The van der Waals surface area contributed by atoms with Crippen LogP contribution in [0.2, 0.25) is 0 Å². The molecule has 1 aromatic rings. The summed E-state index contributed by atoms with van der Waals surface area (Å²) >= 11 is 0. The van der Waals surface area contributed by atoms with E-state index < -0.39 is 5.97 Å². The van der Waals surface area contributed by atoms with E-state index in [2.05, 4.69) is 25.7 Å². The molecule has 0 saturated heterocycles. The first-order valence-corrected chi connectivity index (χ1v) is 7.68. The van der Waals surface area contributed by atoms with Gasteiger partial charge in [0, 0.05) is 6.07 Å². The molecule has 21 heavy (non-hydrogen) atoms. The molecule has 1 aliphatic rings. The van der Waals surface area contributed by atoms with Crippen LogP contribution in [0.3, 0.4) is 0 Å². The van der Waals surface area contributed by atoms with E-state index in [0.717, 1.165) is 12.8 Å². The Morgan fingerprint density at radius 1 is 1.33 bits per heavy atom. The molecule has 112 valence electrons. The van der Waals surface area contributed by atoms with Crippen molar-refractivity contribution in [3.8, 4) is 0 Å². The van der Waals surface area contributed by atoms with Gasteiger partial charge in [0.05, 0.1) is 0 Å². The van der Waals surface area contributed by atoms with Crippen molar-refractivity contribution in [2.45, 2.75) is 46.1 Å². The van der Waals surface area contributed by atoms with E-state index >= 15 is 0 Å². The standard InChI is InChI=1S/C17H23N2O2/c1-11(2)13-9-8-12(3)10-16(13)21-17(20)14-6-4-5-7-15(14)19-18/h4-7,11-13,16H,8-10H2,1-3H3/q+1. The summed E-state index contributed by atoms with van der Waals surface area (Å²) in [5, 5.41) is 8.97. The molecule has 1 aliphatic carbocycles. The van der Waals surface area contributed by atoms with Gasteiger partial charge in [0.2, 0.25) is 5.39 Å². The third kappa shape index (κ3) is 3.60. The van der Waals surface area contributed by atoms with E-state index in [1.807, 2.05) is 0 Å². The maximum atomic E-state index is 12.4. The minimum atomic E-state index is -0.395. The second-order valence-corrected chi connectivity index (χ2v) is 6.39. The van der Waals surface area contributed by atoms with Crippen molar-refractivity contribution in [1.29, 1.82) is 5.39 Å². The molecule has 4 heteroatoms. The molecule has 1 saturated carbocycles. The average Bonchev–Trinajstić information content (AvgIpc) is 2.46. The van der Waals surface area contributed by atoms with Gasteiger partial charge in [0.15, 0.2) is 10.5 Å². The summed E-state index contributed by atoms with van der Waals surface area (Å²) in [5.41, 5.74) is 0.577. The van der Waals surface area contributed by atoms with Crippen LogP contribution in [-0.2, 0) is 4.74 Å². The van der Waals surface area contributed by atoms with Crippen LogP contribution in [0.25, 0.3) is 4.98 Å². The van der Waals surface area contributed by atoms with Gasteiger partial charge in [-0.2, -0.15) is 0 Å². The first-order valence-electron chi connectivity index (χ1n) is 7.68. The number of esters is 1. The Bertz CT molecular complexity index is 548. The fourth-order valence-corrected chi connectivity index (χ4v) is 3.18. The van der Waals surface area contributed by atoms with E-state index in [1.165, 1.54) is 6.42 Å². The number of ether oxygens (including phenoxy) is 1. The molecular weight excluding hydrogens is 264 g/mol. The average molecular weight is 287 g/mol. The number of rotatable bonds is 3. The fraction of sp³-hybridized carbons (Fsp3) is 0.588. The molecule has 0 aliphatic heterocycles. The highest BCUT2D eigenvalue weighted by Crippen LogP contribution is 2.36. The summed E-state index contributed by atoms with van der Waals surface area (Å²) in [7, 11) is 0. The zero-order chi connectivity index (χ0) is 15.4. The molecule has 0 bridgehead atoms. The summed E-state index contributed by atoms with van der Waals surface area (Å²) in [6.07, 6.45) is 3.16. The molecule has 4 nitrogen and oxygen atoms in total. The predicted molar refractivity (Wildman–Crippen MR) is 81.7 cm³/mol. The Morgan fingerprint density at radius 2 is 2.05 bits per heavy atom. The van der Waals surface area contributed by atoms with E-state index in [-0.39, 0.29) is 11.8 Å². The number of diazo groups is 1. The molecule has 0 heterocycles. The number of carbonyl (C=O) groups excluding carboxylic acids is 1. The second-order valence-electron chi connectivity index (χ2n) is 6.39. The molecule has 2 rings (SSSR count). The van der Waals surface area contributed by atoms with Crippen molar-refractivity contribution in [1.82, 2.24) is 0 Å². The van der Waals surface area contributed by atoms with Crippen molar-refractivity contribution in [2.75, 3.05) is 0 Å². The zero-order valence-corrected chi connectivity index (χ0v) is 13.0. The van der Waals surface area contributed by atoms with Crippen LogP contribution in [0.4, 0.5) is 5.69 Å². The van der Waals surface area contributed by atoms with Crippen molar-refractivity contribution < 1.29 is 9.53 Å². The van der Waals surface area contributed by atoms with Crippen molar-refractivity contribution in [2.24, 2.45) is 17.8 Å². The Labute approximate surface area is 126 Å². The molecule has 0 N–H and O–H groups in total. The van der Waals surface area contributed by atoms with Crippen molar-refractivity contribution in [3.63, 3.8) is 0 Å². The summed E-state index contributed by atoms with van der Waals surface area (Å²) in [6, 6.07) is 6.70. The Hall–Kier alpha value is -1.89. The van der Waals surface area contributed by atoms with Crippen LogP contribution in [0.1, 0.15) is 50.4 Å². The topological polar surface area (TPSA) is 54.5 Å². The predicted octanol–water partition coefficient (Wildman–Crippen LogP) is 4.79. The molecule has 0 radical (unpaired) electrons. The van der Waals surface area contributed by atoms with Gasteiger partial charge >= 0.3 is 11.7 Å². The third-order valence-electron chi connectivity index (χ3n) is 4.45. The van der Waals surface area contributed by atoms with Gasteiger partial charge in [-0.3, -0.25) is 0 Å². The first kappa shape index (κ1) is 15.5. The lowest BCUT2D eigenvalue weighted by molar-refractivity contribution is -0.0173. The SMILES string of the molecule is CC1CCC(C(C)C)C(OC(=O)c2ccccc2[N+]#N)C1. The van der Waals surface area contributed by atoms with E-state index in [1.54, 1.807) is 24.3 Å². The highest BCUT2D eigenvalue weighted by Gasteiger charge is 2.34. The highest BCUT2D eigenvalue weighted by atomic mass is 16.5. The van der Waals surface area contributed by atoms with Gasteiger partial charge in [-0.1, -0.05) is 39.3 Å². The third-order valence-corrected chi connectivity index (χ3v) is 4.45.